The normalized spacial score (nSPS) is 11.0. The first-order valence-electron chi connectivity index (χ1n) is 5.42. The minimum atomic E-state index is -4.36. The van der Waals surface area contributed by atoms with E-state index in [1.807, 2.05) is 0 Å². The number of halogens is 4. The van der Waals surface area contributed by atoms with E-state index < -0.39 is 18.6 Å². The number of anilines is 1. The molecule has 0 saturated heterocycles. The molecule has 0 aliphatic carbocycles. The molecule has 116 valence electrons. The zero-order valence-corrected chi connectivity index (χ0v) is 12.1. The first kappa shape index (κ1) is 17.4. The summed E-state index contributed by atoms with van der Waals surface area (Å²) in [6, 6.07) is 0. The second kappa shape index (κ2) is 6.87. The third-order valence-corrected chi connectivity index (χ3v) is 3.06. The first-order valence-corrected chi connectivity index (χ1v) is 6.30. The lowest BCUT2D eigenvalue weighted by atomic mass is 10.4. The lowest BCUT2D eigenvalue weighted by Gasteiger charge is -2.05. The van der Waals surface area contributed by atoms with Gasteiger partial charge in [0.25, 0.3) is 5.91 Å². The molecule has 0 aliphatic rings. The molecule has 2 heterocycles. The number of carbonyl (C=O) groups is 1. The molecular weight excluding hydrogens is 331 g/mol. The number of alkyl halides is 3. The number of aromatic nitrogens is 3. The van der Waals surface area contributed by atoms with Crippen molar-refractivity contribution in [3.05, 3.63) is 28.5 Å². The largest absolute Gasteiger partial charge is 0.408 e. The third-order valence-electron chi connectivity index (χ3n) is 2.19. The zero-order chi connectivity index (χ0) is 14.8. The van der Waals surface area contributed by atoms with E-state index in [9.17, 15) is 18.0 Å². The first-order chi connectivity index (χ1) is 9.37. The Hall–Kier alpha value is -1.65. The van der Waals surface area contributed by atoms with Gasteiger partial charge in [-0.2, -0.15) is 18.3 Å². The predicted octanol–water partition coefficient (Wildman–Crippen LogP) is 2.03. The van der Waals surface area contributed by atoms with Gasteiger partial charge in [0, 0.05) is 18.1 Å². The van der Waals surface area contributed by atoms with E-state index in [2.05, 4.69) is 15.4 Å². The lowest BCUT2D eigenvalue weighted by Crippen LogP contribution is -2.18. The van der Waals surface area contributed by atoms with Crippen LogP contribution >= 0.6 is 23.7 Å². The van der Waals surface area contributed by atoms with Crippen molar-refractivity contribution in [1.82, 2.24) is 14.8 Å². The van der Waals surface area contributed by atoms with E-state index in [-0.39, 0.29) is 30.3 Å². The van der Waals surface area contributed by atoms with Gasteiger partial charge in [-0.3, -0.25) is 9.48 Å². The Kier molecular flexibility index (Phi) is 5.70. The number of nitrogens with one attached hydrogen (secondary N) is 1. The highest BCUT2D eigenvalue weighted by molar-refractivity contribution is 7.09. The van der Waals surface area contributed by atoms with E-state index in [0.29, 0.717) is 9.69 Å². The molecule has 0 spiro atoms. The predicted molar refractivity (Wildman–Crippen MR) is 73.5 cm³/mol. The SMILES string of the molecule is Cl.NCc1nc(C(=O)Nc2cnn(CC(F)(F)F)c2)cs1. The van der Waals surface area contributed by atoms with Gasteiger partial charge in [-0.1, -0.05) is 0 Å². The molecule has 0 aromatic carbocycles. The van der Waals surface area contributed by atoms with E-state index in [1.54, 1.807) is 0 Å². The number of rotatable bonds is 4. The van der Waals surface area contributed by atoms with Crippen LogP contribution in [-0.2, 0) is 13.1 Å². The van der Waals surface area contributed by atoms with Crippen LogP contribution in [0.1, 0.15) is 15.5 Å². The highest BCUT2D eigenvalue weighted by atomic mass is 35.5. The van der Waals surface area contributed by atoms with Crippen molar-refractivity contribution < 1.29 is 18.0 Å². The number of carbonyl (C=O) groups excluding carboxylic acids is 1. The number of thiazole rings is 1. The summed E-state index contributed by atoms with van der Waals surface area (Å²) in [5.41, 5.74) is 5.71. The van der Waals surface area contributed by atoms with Crippen LogP contribution in [0.15, 0.2) is 17.8 Å². The van der Waals surface area contributed by atoms with E-state index in [0.717, 1.165) is 12.4 Å². The van der Waals surface area contributed by atoms with Gasteiger partial charge in [-0.15, -0.1) is 23.7 Å². The molecule has 2 aromatic rings. The maximum atomic E-state index is 12.2. The molecule has 0 unspecified atom stereocenters. The lowest BCUT2D eigenvalue weighted by molar-refractivity contribution is -0.142. The Labute approximate surface area is 127 Å². The zero-order valence-electron chi connectivity index (χ0n) is 10.4. The molecule has 0 radical (unpaired) electrons. The van der Waals surface area contributed by atoms with E-state index in [1.165, 1.54) is 16.7 Å². The van der Waals surface area contributed by atoms with Gasteiger partial charge < -0.3 is 11.1 Å². The van der Waals surface area contributed by atoms with Crippen molar-refractivity contribution in [3.8, 4) is 0 Å². The van der Waals surface area contributed by atoms with Gasteiger partial charge in [-0.05, 0) is 0 Å². The molecule has 0 saturated carbocycles. The number of hydrogen-bond donors (Lipinski definition) is 2. The number of hydrogen-bond acceptors (Lipinski definition) is 5. The minimum absolute atomic E-state index is 0. The fraction of sp³-hybridized carbons (Fsp3) is 0.300. The maximum absolute atomic E-state index is 12.2. The molecular formula is C10H11ClF3N5OS. The second-order valence-electron chi connectivity index (χ2n) is 3.83. The number of nitrogens with two attached hydrogens (primary N) is 1. The minimum Gasteiger partial charge on any atom is -0.325 e. The standard InChI is InChI=1S/C10H10F3N5OS.ClH/c11-10(12,13)5-18-3-6(2-15-18)16-9(19)7-4-20-8(1-14)17-7;/h2-4H,1,5,14H2,(H,16,19);1H. The summed E-state index contributed by atoms with van der Waals surface area (Å²) in [6.07, 6.45) is -2.13. The van der Waals surface area contributed by atoms with Crippen molar-refractivity contribution in [2.45, 2.75) is 19.3 Å². The molecule has 6 nitrogen and oxygen atoms in total. The molecule has 0 aliphatic heterocycles. The quantitative estimate of drug-likeness (QED) is 0.891. The summed E-state index contributed by atoms with van der Waals surface area (Å²) in [6.45, 7) is -0.988. The molecule has 21 heavy (non-hydrogen) atoms. The van der Waals surface area contributed by atoms with Crippen LogP contribution in [0.2, 0.25) is 0 Å². The number of nitrogens with zero attached hydrogens (tertiary/aromatic N) is 3. The van der Waals surface area contributed by atoms with Crippen molar-refractivity contribution >= 4 is 35.3 Å². The van der Waals surface area contributed by atoms with Crippen LogP contribution < -0.4 is 11.1 Å². The van der Waals surface area contributed by atoms with E-state index >= 15 is 0 Å². The molecule has 2 rings (SSSR count). The molecule has 2 aromatic heterocycles. The molecule has 3 N–H and O–H groups in total. The second-order valence-corrected chi connectivity index (χ2v) is 4.77. The Balaban J connectivity index is 0.00000220. The van der Waals surface area contributed by atoms with Crippen LogP contribution in [0.3, 0.4) is 0 Å². The summed E-state index contributed by atoms with van der Waals surface area (Å²) in [5, 5.41) is 8.05. The van der Waals surface area contributed by atoms with Crippen molar-refractivity contribution in [3.63, 3.8) is 0 Å². The van der Waals surface area contributed by atoms with Gasteiger partial charge in [-0.25, -0.2) is 4.98 Å². The molecule has 1 amide bonds. The monoisotopic (exact) mass is 341 g/mol. The van der Waals surface area contributed by atoms with Gasteiger partial charge in [0.1, 0.15) is 17.2 Å². The van der Waals surface area contributed by atoms with Crippen LogP contribution in [0, 0.1) is 0 Å². The Bertz CT molecular complexity index is 612. The Morgan fingerprint density at radius 3 is 2.76 bits per heavy atom. The van der Waals surface area contributed by atoms with Crippen molar-refractivity contribution in [2.24, 2.45) is 5.73 Å². The molecule has 0 bridgehead atoms. The molecule has 0 fully saturated rings. The fourth-order valence-corrected chi connectivity index (χ4v) is 2.06. The van der Waals surface area contributed by atoms with Crippen LogP contribution in [-0.4, -0.2) is 26.8 Å². The van der Waals surface area contributed by atoms with Gasteiger partial charge >= 0.3 is 6.18 Å². The molecule has 11 heteroatoms. The van der Waals surface area contributed by atoms with Crippen molar-refractivity contribution in [1.29, 1.82) is 0 Å². The third kappa shape index (κ3) is 4.99. The van der Waals surface area contributed by atoms with Crippen molar-refractivity contribution in [2.75, 3.05) is 5.32 Å². The average molecular weight is 342 g/mol. The summed E-state index contributed by atoms with van der Waals surface area (Å²) < 4.78 is 37.1. The smallest absolute Gasteiger partial charge is 0.325 e. The summed E-state index contributed by atoms with van der Waals surface area (Å²) >= 11 is 1.23. The van der Waals surface area contributed by atoms with Crippen LogP contribution in [0.5, 0.6) is 0 Å². The average Bonchev–Trinajstić information content (AvgIpc) is 2.96. The molecule has 0 atom stereocenters. The maximum Gasteiger partial charge on any atom is 0.408 e. The summed E-state index contributed by atoms with van der Waals surface area (Å²) in [5.74, 6) is -0.521. The van der Waals surface area contributed by atoms with E-state index in [4.69, 9.17) is 5.73 Å². The van der Waals surface area contributed by atoms with Gasteiger partial charge in [0.05, 0.1) is 11.9 Å². The topological polar surface area (TPSA) is 85.8 Å². The fourth-order valence-electron chi connectivity index (χ4n) is 1.40. The summed E-state index contributed by atoms with van der Waals surface area (Å²) in [7, 11) is 0. The number of amides is 1. The van der Waals surface area contributed by atoms with Crippen LogP contribution in [0.4, 0.5) is 18.9 Å². The Morgan fingerprint density at radius 1 is 1.48 bits per heavy atom. The van der Waals surface area contributed by atoms with Gasteiger partial charge in [0.15, 0.2) is 0 Å². The highest BCUT2D eigenvalue weighted by Gasteiger charge is 2.28. The van der Waals surface area contributed by atoms with Crippen LogP contribution in [0.25, 0.3) is 0 Å². The highest BCUT2D eigenvalue weighted by Crippen LogP contribution is 2.18. The Morgan fingerprint density at radius 2 is 2.19 bits per heavy atom. The van der Waals surface area contributed by atoms with Gasteiger partial charge in [0.2, 0.25) is 0 Å². The summed E-state index contributed by atoms with van der Waals surface area (Å²) in [4.78, 5) is 15.7.